The molecule has 0 atom stereocenters. The van der Waals surface area contributed by atoms with E-state index in [1.807, 2.05) is 4.68 Å². The molecule has 0 radical (unpaired) electrons. The van der Waals surface area contributed by atoms with Gasteiger partial charge in [-0.3, -0.25) is 4.68 Å². The Kier molecular flexibility index (Phi) is 5.09. The third kappa shape index (κ3) is 4.00. The van der Waals surface area contributed by atoms with Gasteiger partial charge < -0.3 is 0 Å². The molecule has 2 heterocycles. The second-order valence-corrected chi connectivity index (χ2v) is 7.27. The van der Waals surface area contributed by atoms with Crippen molar-refractivity contribution in [2.24, 2.45) is 0 Å². The van der Waals surface area contributed by atoms with Crippen molar-refractivity contribution in [1.82, 2.24) is 29.5 Å². The molecule has 0 bridgehead atoms. The second kappa shape index (κ2) is 7.81. The van der Waals surface area contributed by atoms with Crippen LogP contribution in [0.25, 0.3) is 0 Å². The number of benzene rings is 1. The van der Waals surface area contributed by atoms with Crippen LogP contribution in [0.15, 0.2) is 36.9 Å². The minimum atomic E-state index is 0.545. The maximum Gasteiger partial charge on any atom is 0.154 e. The number of aromatic nitrogens is 6. The van der Waals surface area contributed by atoms with Gasteiger partial charge in [-0.25, -0.2) is 14.6 Å². The summed E-state index contributed by atoms with van der Waals surface area (Å²) < 4.78 is 3.98. The van der Waals surface area contributed by atoms with E-state index in [1.54, 1.807) is 12.7 Å². The Morgan fingerprint density at radius 2 is 1.92 bits per heavy atom. The minimum Gasteiger partial charge on any atom is -0.253 e. The van der Waals surface area contributed by atoms with Gasteiger partial charge in [0.2, 0.25) is 0 Å². The van der Waals surface area contributed by atoms with Crippen LogP contribution in [0.4, 0.5) is 0 Å². The highest BCUT2D eigenvalue weighted by Gasteiger charge is 2.22. The first-order chi connectivity index (χ1) is 12.8. The molecule has 1 fully saturated rings. The fourth-order valence-electron chi connectivity index (χ4n) is 3.68. The predicted octanol–water partition coefficient (Wildman–Crippen LogP) is 3.52. The van der Waals surface area contributed by atoms with Crippen LogP contribution in [0.1, 0.15) is 60.8 Å². The van der Waals surface area contributed by atoms with E-state index in [4.69, 9.17) is 10.1 Å². The molecule has 1 aliphatic carbocycles. The molecule has 3 aromatic rings. The molecule has 0 N–H and O–H groups in total. The summed E-state index contributed by atoms with van der Waals surface area (Å²) in [6, 6.07) is 8.69. The molecule has 0 saturated heterocycles. The van der Waals surface area contributed by atoms with Crippen molar-refractivity contribution >= 4 is 0 Å². The van der Waals surface area contributed by atoms with Gasteiger partial charge in [0.25, 0.3) is 0 Å². The lowest BCUT2D eigenvalue weighted by atomic mass is 10.1. The molecule has 0 aliphatic heterocycles. The van der Waals surface area contributed by atoms with Gasteiger partial charge in [0.1, 0.15) is 18.5 Å². The van der Waals surface area contributed by atoms with Crippen molar-refractivity contribution in [2.45, 2.75) is 64.5 Å². The molecule has 0 amide bonds. The zero-order valence-electron chi connectivity index (χ0n) is 15.4. The fraction of sp³-hybridized carbons (Fsp3) is 0.500. The molecule has 2 aromatic heterocycles. The molecule has 1 aliphatic rings. The van der Waals surface area contributed by atoms with Gasteiger partial charge in [-0.1, -0.05) is 42.7 Å². The Hall–Kier alpha value is -2.50. The lowest BCUT2D eigenvalue weighted by molar-refractivity contribution is 0.548. The summed E-state index contributed by atoms with van der Waals surface area (Å²) in [5.74, 6) is 2.68. The van der Waals surface area contributed by atoms with E-state index in [0.29, 0.717) is 5.92 Å². The van der Waals surface area contributed by atoms with E-state index >= 15 is 0 Å². The van der Waals surface area contributed by atoms with Crippen LogP contribution in [0, 0.1) is 6.92 Å². The summed E-state index contributed by atoms with van der Waals surface area (Å²) >= 11 is 0. The summed E-state index contributed by atoms with van der Waals surface area (Å²) in [7, 11) is 0. The normalized spacial score (nSPS) is 15.0. The van der Waals surface area contributed by atoms with E-state index in [1.165, 1.54) is 36.8 Å². The third-order valence-corrected chi connectivity index (χ3v) is 5.19. The molecule has 4 rings (SSSR count). The number of hydrogen-bond donors (Lipinski definition) is 0. The number of nitrogens with zero attached hydrogens (tertiary/aromatic N) is 6. The Balaban J connectivity index is 1.50. The van der Waals surface area contributed by atoms with E-state index in [0.717, 1.165) is 37.6 Å². The SMILES string of the molecule is Cc1ccc(Cn2nc(C3CCCC3)nc2CCCn2cncn2)cc1. The zero-order valence-corrected chi connectivity index (χ0v) is 15.4. The maximum absolute atomic E-state index is 4.93. The molecule has 0 spiro atoms. The van der Waals surface area contributed by atoms with Gasteiger partial charge in [0.05, 0.1) is 6.54 Å². The highest BCUT2D eigenvalue weighted by atomic mass is 15.4. The van der Waals surface area contributed by atoms with E-state index in [2.05, 4.69) is 46.0 Å². The van der Waals surface area contributed by atoms with Crippen LogP contribution >= 0.6 is 0 Å². The molecular weight excluding hydrogens is 324 g/mol. The molecule has 26 heavy (non-hydrogen) atoms. The summed E-state index contributed by atoms with van der Waals surface area (Å²) in [6.45, 7) is 3.77. The first-order valence-electron chi connectivity index (χ1n) is 9.59. The number of rotatable bonds is 7. The molecule has 136 valence electrons. The van der Waals surface area contributed by atoms with Crippen LogP contribution < -0.4 is 0 Å². The number of aryl methyl sites for hydroxylation is 3. The highest BCUT2D eigenvalue weighted by molar-refractivity contribution is 5.21. The van der Waals surface area contributed by atoms with Crippen molar-refractivity contribution in [3.8, 4) is 0 Å². The molecule has 6 nitrogen and oxygen atoms in total. The predicted molar refractivity (Wildman–Crippen MR) is 99.9 cm³/mol. The quantitative estimate of drug-likeness (QED) is 0.654. The Morgan fingerprint density at radius 3 is 2.65 bits per heavy atom. The molecular formula is C20H26N6. The average Bonchev–Trinajstić information content (AvgIpc) is 3.39. The van der Waals surface area contributed by atoms with Gasteiger partial charge in [0, 0.05) is 18.9 Å². The molecule has 0 unspecified atom stereocenters. The van der Waals surface area contributed by atoms with E-state index in [9.17, 15) is 0 Å². The molecule has 1 saturated carbocycles. The summed E-state index contributed by atoms with van der Waals surface area (Å²) in [6.07, 6.45) is 10.3. The van der Waals surface area contributed by atoms with Crippen LogP contribution in [0.3, 0.4) is 0 Å². The summed E-state index contributed by atoms with van der Waals surface area (Å²) in [5.41, 5.74) is 2.56. The molecule has 6 heteroatoms. The van der Waals surface area contributed by atoms with Gasteiger partial charge in [-0.05, 0) is 31.7 Å². The standard InChI is InChI=1S/C20H26N6/c1-16-8-10-17(11-9-16)13-26-19(7-4-12-25-15-21-14-22-25)23-20(24-26)18-5-2-3-6-18/h8-11,14-15,18H,2-7,12-13H2,1H3. The lowest BCUT2D eigenvalue weighted by Gasteiger charge is -2.07. The summed E-state index contributed by atoms with van der Waals surface area (Å²) in [5, 5.41) is 9.07. The van der Waals surface area contributed by atoms with Crippen molar-refractivity contribution in [3.05, 3.63) is 59.7 Å². The van der Waals surface area contributed by atoms with E-state index in [-0.39, 0.29) is 0 Å². The molecule has 1 aromatic carbocycles. The first kappa shape index (κ1) is 16.9. The minimum absolute atomic E-state index is 0.545. The van der Waals surface area contributed by atoms with Crippen LogP contribution in [0.5, 0.6) is 0 Å². The second-order valence-electron chi connectivity index (χ2n) is 7.27. The maximum atomic E-state index is 4.93. The zero-order chi connectivity index (χ0) is 17.8. The van der Waals surface area contributed by atoms with Crippen molar-refractivity contribution < 1.29 is 0 Å². The average molecular weight is 350 g/mol. The Bertz CT molecular complexity index is 813. The Morgan fingerprint density at radius 1 is 1.12 bits per heavy atom. The van der Waals surface area contributed by atoms with Crippen molar-refractivity contribution in [3.63, 3.8) is 0 Å². The van der Waals surface area contributed by atoms with Crippen LogP contribution in [0.2, 0.25) is 0 Å². The lowest BCUT2D eigenvalue weighted by Crippen LogP contribution is -2.09. The summed E-state index contributed by atoms with van der Waals surface area (Å²) in [4.78, 5) is 8.93. The van der Waals surface area contributed by atoms with Crippen LogP contribution in [-0.4, -0.2) is 29.5 Å². The van der Waals surface area contributed by atoms with E-state index < -0.39 is 0 Å². The third-order valence-electron chi connectivity index (χ3n) is 5.19. The van der Waals surface area contributed by atoms with Gasteiger partial charge in [-0.2, -0.15) is 10.2 Å². The number of hydrogen-bond acceptors (Lipinski definition) is 4. The Labute approximate surface area is 154 Å². The highest BCUT2D eigenvalue weighted by Crippen LogP contribution is 2.32. The van der Waals surface area contributed by atoms with Crippen molar-refractivity contribution in [2.75, 3.05) is 0 Å². The smallest absolute Gasteiger partial charge is 0.154 e. The van der Waals surface area contributed by atoms with Crippen LogP contribution in [-0.2, 0) is 19.5 Å². The van der Waals surface area contributed by atoms with Gasteiger partial charge >= 0.3 is 0 Å². The first-order valence-corrected chi connectivity index (χ1v) is 9.59. The largest absolute Gasteiger partial charge is 0.253 e. The van der Waals surface area contributed by atoms with Crippen molar-refractivity contribution in [1.29, 1.82) is 0 Å². The topological polar surface area (TPSA) is 61.4 Å². The van der Waals surface area contributed by atoms with Gasteiger partial charge in [-0.15, -0.1) is 0 Å². The monoisotopic (exact) mass is 350 g/mol. The fourth-order valence-corrected chi connectivity index (χ4v) is 3.68. The van der Waals surface area contributed by atoms with Gasteiger partial charge in [0.15, 0.2) is 5.82 Å².